The van der Waals surface area contributed by atoms with E-state index >= 15 is 0 Å². The van der Waals surface area contributed by atoms with Crippen LogP contribution in [-0.4, -0.2) is 57.1 Å². The zero-order chi connectivity index (χ0) is 24.0. The molecule has 0 spiro atoms. The van der Waals surface area contributed by atoms with Crippen LogP contribution in [0.2, 0.25) is 0 Å². The first-order valence-electron chi connectivity index (χ1n) is 14.2. The summed E-state index contributed by atoms with van der Waals surface area (Å²) in [6, 6.07) is 0. The van der Waals surface area contributed by atoms with E-state index in [-0.39, 0.29) is 18.4 Å². The first-order valence-corrected chi connectivity index (χ1v) is 14.2. The van der Waals surface area contributed by atoms with Gasteiger partial charge >= 0.3 is 5.97 Å². The lowest BCUT2D eigenvalue weighted by Gasteiger charge is -2.15. The van der Waals surface area contributed by atoms with E-state index in [0.717, 1.165) is 32.4 Å². The van der Waals surface area contributed by atoms with Gasteiger partial charge in [0.2, 0.25) is 0 Å². The van der Waals surface area contributed by atoms with Crippen molar-refractivity contribution in [2.45, 2.75) is 141 Å². The minimum atomic E-state index is -0.148. The zero-order valence-electron chi connectivity index (χ0n) is 22.3. The summed E-state index contributed by atoms with van der Waals surface area (Å²) >= 11 is 0. The van der Waals surface area contributed by atoms with Crippen molar-refractivity contribution in [2.24, 2.45) is 0 Å². The quantitative estimate of drug-likeness (QED) is 0.116. The molecular weight excluding hydrogens is 414 g/mol. The second kappa shape index (κ2) is 21.9. The molecule has 1 heterocycles. The van der Waals surface area contributed by atoms with Gasteiger partial charge in [-0.25, -0.2) is 0 Å². The lowest BCUT2D eigenvalue weighted by molar-refractivity contribution is -0.160. The Morgan fingerprint density at radius 2 is 1.30 bits per heavy atom. The molecule has 5 heteroatoms. The molecule has 196 valence electrons. The average molecular weight is 470 g/mol. The molecule has 0 amide bonds. The van der Waals surface area contributed by atoms with Crippen molar-refractivity contribution in [3.8, 4) is 0 Å². The van der Waals surface area contributed by atoms with E-state index in [1.807, 2.05) is 19.0 Å². The highest BCUT2D eigenvalue weighted by Crippen LogP contribution is 2.21. The van der Waals surface area contributed by atoms with Crippen LogP contribution < -0.4 is 0 Å². The second-order valence-electron chi connectivity index (χ2n) is 10.2. The van der Waals surface area contributed by atoms with E-state index in [1.54, 1.807) is 0 Å². The van der Waals surface area contributed by atoms with Crippen molar-refractivity contribution in [2.75, 3.05) is 33.9 Å². The summed E-state index contributed by atoms with van der Waals surface area (Å²) in [6.45, 7) is 4.13. The summed E-state index contributed by atoms with van der Waals surface area (Å²) in [5.74, 6) is -0.148. The summed E-state index contributed by atoms with van der Waals surface area (Å²) < 4.78 is 17.0. The smallest absolute Gasteiger partial charge is 0.307 e. The molecule has 1 saturated heterocycles. The molecule has 5 nitrogen and oxygen atoms in total. The lowest BCUT2D eigenvalue weighted by atomic mass is 10.0. The average Bonchev–Trinajstić information content (AvgIpc) is 3.26. The molecule has 1 aliphatic rings. The molecule has 1 aliphatic heterocycles. The van der Waals surface area contributed by atoms with Crippen molar-refractivity contribution in [1.29, 1.82) is 0 Å². The third kappa shape index (κ3) is 19.4. The van der Waals surface area contributed by atoms with Crippen LogP contribution in [0.5, 0.6) is 0 Å². The van der Waals surface area contributed by atoms with Gasteiger partial charge in [-0.1, -0.05) is 103 Å². The predicted molar refractivity (Wildman–Crippen MR) is 138 cm³/mol. The molecule has 1 rings (SSSR count). The summed E-state index contributed by atoms with van der Waals surface area (Å²) in [6.07, 6.45) is 24.2. The Bertz CT molecular complexity index is 444. The van der Waals surface area contributed by atoms with Crippen LogP contribution in [0.1, 0.15) is 129 Å². The van der Waals surface area contributed by atoms with Gasteiger partial charge in [0.25, 0.3) is 0 Å². The summed E-state index contributed by atoms with van der Waals surface area (Å²) in [5.41, 5.74) is 0. The number of hydrogen-bond donors (Lipinski definition) is 0. The minimum absolute atomic E-state index is 0.0101. The van der Waals surface area contributed by atoms with Gasteiger partial charge in [0.15, 0.2) is 6.29 Å². The molecule has 0 radical (unpaired) electrons. The zero-order valence-corrected chi connectivity index (χ0v) is 22.3. The van der Waals surface area contributed by atoms with Crippen molar-refractivity contribution < 1.29 is 19.0 Å². The van der Waals surface area contributed by atoms with Crippen LogP contribution in [0.3, 0.4) is 0 Å². The largest absolute Gasteiger partial charge is 0.463 e. The topological polar surface area (TPSA) is 48.0 Å². The highest BCUT2D eigenvalue weighted by atomic mass is 16.7. The van der Waals surface area contributed by atoms with Gasteiger partial charge in [0.1, 0.15) is 6.61 Å². The van der Waals surface area contributed by atoms with E-state index < -0.39 is 0 Å². The maximum atomic E-state index is 11.7. The van der Waals surface area contributed by atoms with E-state index in [2.05, 4.69) is 6.92 Å². The predicted octanol–water partition coefficient (Wildman–Crippen LogP) is 7.26. The molecule has 1 fully saturated rings. The fraction of sp³-hybridized carbons (Fsp3) is 0.964. The van der Waals surface area contributed by atoms with E-state index in [4.69, 9.17) is 14.2 Å². The van der Waals surface area contributed by atoms with E-state index in [9.17, 15) is 4.79 Å². The summed E-state index contributed by atoms with van der Waals surface area (Å²) in [5, 5.41) is 0. The Balaban J connectivity index is 1.79. The highest BCUT2D eigenvalue weighted by Gasteiger charge is 2.26. The first-order chi connectivity index (χ1) is 16.1. The third-order valence-corrected chi connectivity index (χ3v) is 6.56. The molecule has 0 saturated carbocycles. The van der Waals surface area contributed by atoms with Gasteiger partial charge in [-0.05, 0) is 26.9 Å². The fourth-order valence-electron chi connectivity index (χ4n) is 4.36. The van der Waals surface area contributed by atoms with Gasteiger partial charge in [-0.3, -0.25) is 4.79 Å². The van der Waals surface area contributed by atoms with Crippen molar-refractivity contribution >= 4 is 5.97 Å². The SMILES string of the molecule is CCCCCCCCCCCCCCCCCCO[C@H]1CC[C@@H](COC(=O)CCN(C)C)O1. The molecule has 0 aromatic carbocycles. The summed E-state index contributed by atoms with van der Waals surface area (Å²) in [7, 11) is 3.91. The molecule has 0 aromatic heterocycles. The number of carbonyl (C=O) groups excluding carboxylic acids is 1. The van der Waals surface area contributed by atoms with Gasteiger partial charge < -0.3 is 19.1 Å². The maximum absolute atomic E-state index is 11.7. The summed E-state index contributed by atoms with van der Waals surface area (Å²) in [4.78, 5) is 13.7. The maximum Gasteiger partial charge on any atom is 0.307 e. The number of nitrogens with zero attached hydrogens (tertiary/aromatic N) is 1. The second-order valence-corrected chi connectivity index (χ2v) is 10.2. The van der Waals surface area contributed by atoms with Crippen molar-refractivity contribution in [3.05, 3.63) is 0 Å². The number of ether oxygens (including phenoxy) is 3. The van der Waals surface area contributed by atoms with Crippen LogP contribution in [-0.2, 0) is 19.0 Å². The van der Waals surface area contributed by atoms with Gasteiger partial charge in [-0.2, -0.15) is 0 Å². The number of esters is 1. The van der Waals surface area contributed by atoms with Crippen LogP contribution in [0.4, 0.5) is 0 Å². The van der Waals surface area contributed by atoms with Crippen LogP contribution in [0, 0.1) is 0 Å². The Morgan fingerprint density at radius 3 is 1.82 bits per heavy atom. The number of rotatable bonds is 23. The fourth-order valence-corrected chi connectivity index (χ4v) is 4.36. The van der Waals surface area contributed by atoms with E-state index in [0.29, 0.717) is 13.0 Å². The number of carbonyl (C=O) groups is 1. The Morgan fingerprint density at radius 1 is 0.788 bits per heavy atom. The van der Waals surface area contributed by atoms with E-state index in [1.165, 1.54) is 96.3 Å². The molecule has 33 heavy (non-hydrogen) atoms. The lowest BCUT2D eigenvalue weighted by Crippen LogP contribution is -2.23. The first kappa shape index (κ1) is 30.4. The van der Waals surface area contributed by atoms with Crippen molar-refractivity contribution in [3.63, 3.8) is 0 Å². The Labute approximate surface area is 205 Å². The molecule has 0 bridgehead atoms. The van der Waals surface area contributed by atoms with Crippen molar-refractivity contribution in [1.82, 2.24) is 4.90 Å². The minimum Gasteiger partial charge on any atom is -0.463 e. The molecule has 2 atom stereocenters. The molecule has 0 aromatic rings. The van der Waals surface area contributed by atoms with Gasteiger partial charge in [0, 0.05) is 19.6 Å². The van der Waals surface area contributed by atoms with Crippen LogP contribution in [0.15, 0.2) is 0 Å². The Hall–Kier alpha value is -0.650. The van der Waals surface area contributed by atoms with Crippen LogP contribution >= 0.6 is 0 Å². The van der Waals surface area contributed by atoms with Crippen LogP contribution in [0.25, 0.3) is 0 Å². The van der Waals surface area contributed by atoms with Gasteiger partial charge in [0.05, 0.1) is 12.5 Å². The Kier molecular flexibility index (Phi) is 20.1. The normalized spacial score (nSPS) is 18.3. The monoisotopic (exact) mass is 469 g/mol. The molecule has 0 N–H and O–H groups in total. The molecule has 0 unspecified atom stereocenters. The molecule has 0 aliphatic carbocycles. The highest BCUT2D eigenvalue weighted by molar-refractivity contribution is 5.69. The van der Waals surface area contributed by atoms with Gasteiger partial charge in [-0.15, -0.1) is 0 Å². The number of unbranched alkanes of at least 4 members (excludes halogenated alkanes) is 15. The standard InChI is InChI=1S/C28H55NO4/c1-4-5-6-7-8-9-10-11-12-13-14-15-16-17-18-19-24-31-28-21-20-26(33-28)25-32-27(30)22-23-29(2)3/h26,28H,4-25H2,1-3H3/t26-,28+/m0/s1. The number of hydrogen-bond acceptors (Lipinski definition) is 5. The third-order valence-electron chi connectivity index (χ3n) is 6.56. The molecular formula is C28H55NO4.